The van der Waals surface area contributed by atoms with E-state index in [4.69, 9.17) is 28.8 Å². The van der Waals surface area contributed by atoms with Crippen molar-refractivity contribution in [2.45, 2.75) is 31.8 Å². The molecule has 5 amide bonds. The van der Waals surface area contributed by atoms with Crippen molar-refractivity contribution < 1.29 is 52.8 Å². The number of amides is 5. The van der Waals surface area contributed by atoms with Gasteiger partial charge in [0.05, 0.1) is 69.1 Å². The number of imide groups is 2. The summed E-state index contributed by atoms with van der Waals surface area (Å²) in [4.78, 5) is 91.4. The number of aromatic nitrogens is 2. The first-order valence-corrected chi connectivity index (χ1v) is 18.8. The van der Waals surface area contributed by atoms with E-state index in [-0.39, 0.29) is 74.0 Å². The molecule has 2 aliphatic rings. The predicted molar refractivity (Wildman–Crippen MR) is 218 cm³/mol. The number of methoxy groups -OCH3 is 2. The number of carbonyl (C=O) groups is 6. The summed E-state index contributed by atoms with van der Waals surface area (Å²) in [5, 5.41) is 15.9. The number of nitrogens with zero attached hydrogens (tertiary/aromatic N) is 4. The van der Waals surface area contributed by atoms with Crippen LogP contribution in [0.3, 0.4) is 0 Å². The van der Waals surface area contributed by atoms with Crippen molar-refractivity contribution in [1.29, 1.82) is 0 Å². The fourth-order valence-corrected chi connectivity index (χ4v) is 6.81. The Kier molecular flexibility index (Phi) is 15.0. The van der Waals surface area contributed by atoms with E-state index in [0.29, 0.717) is 47.7 Å². The van der Waals surface area contributed by atoms with Crippen LogP contribution in [0.4, 0.5) is 11.5 Å². The third-order valence-electron chi connectivity index (χ3n) is 9.59. The molecule has 0 bridgehead atoms. The van der Waals surface area contributed by atoms with Crippen LogP contribution >= 0.6 is 0 Å². The largest absolute Gasteiger partial charge is 0.496 e. The van der Waals surface area contributed by atoms with Gasteiger partial charge in [-0.15, -0.1) is 0 Å². The van der Waals surface area contributed by atoms with Gasteiger partial charge < -0.3 is 44.2 Å². The zero-order chi connectivity index (χ0) is 43.5. The maximum Gasteiger partial charge on any atom is 0.290 e. The Morgan fingerprint density at radius 3 is 2.25 bits per heavy atom. The Labute approximate surface area is 344 Å². The maximum absolute atomic E-state index is 13.2. The minimum Gasteiger partial charge on any atom is -0.496 e. The zero-order valence-electron chi connectivity index (χ0n) is 33.9. The number of nitrogens with one attached hydrogen (secondary N) is 3. The SMILES string of the molecule is COc1cc(-c2cn(C)c(=O)c3cc(NC(=O)CCOCCOCCNc4ccc5c(c4)C(=O)N(C4CCC(=O)NC4=O)C5=O)ncc23)cc(OC)c1CN(C)C.O=CO. The van der Waals surface area contributed by atoms with Gasteiger partial charge in [-0.2, -0.15) is 0 Å². The van der Waals surface area contributed by atoms with Gasteiger partial charge in [-0.05, 0) is 62.5 Å². The molecular formula is C41H47N7O12. The highest BCUT2D eigenvalue weighted by Crippen LogP contribution is 2.38. The van der Waals surface area contributed by atoms with Gasteiger partial charge in [0.2, 0.25) is 17.7 Å². The van der Waals surface area contributed by atoms with Crippen molar-refractivity contribution in [3.05, 3.63) is 75.8 Å². The maximum atomic E-state index is 13.2. The molecule has 19 nitrogen and oxygen atoms in total. The van der Waals surface area contributed by atoms with Gasteiger partial charge in [0.15, 0.2) is 0 Å². The fraction of sp³-hybridized carbons (Fsp3) is 0.366. The number of carboxylic acid groups (broad SMARTS) is 1. The Balaban J connectivity index is 0.00000221. The molecule has 60 heavy (non-hydrogen) atoms. The van der Waals surface area contributed by atoms with E-state index in [0.717, 1.165) is 21.6 Å². The minimum absolute atomic E-state index is 0.0508. The number of pyridine rings is 2. The number of piperidine rings is 1. The van der Waals surface area contributed by atoms with Gasteiger partial charge >= 0.3 is 0 Å². The highest BCUT2D eigenvalue weighted by molar-refractivity contribution is 6.23. The molecule has 0 saturated carbocycles. The number of carbonyl (C=O) groups excluding carboxylic acids is 5. The van der Waals surface area contributed by atoms with Gasteiger partial charge in [-0.25, -0.2) is 4.98 Å². The van der Waals surface area contributed by atoms with Gasteiger partial charge in [-0.3, -0.25) is 43.8 Å². The molecule has 4 aromatic rings. The lowest BCUT2D eigenvalue weighted by Crippen LogP contribution is -2.54. The van der Waals surface area contributed by atoms with Gasteiger partial charge in [0, 0.05) is 55.6 Å². The lowest BCUT2D eigenvalue weighted by Gasteiger charge is -2.27. The standard InChI is InChI=1S/C40H45N7O10.CH2O2/c1-45(2)21-30-32(54-4)16-23(17-33(30)55-5)29-22-46(3)38(51)27-19-34(42-20-28(27)29)43-36(49)10-12-56-14-15-57-13-11-41-24-6-7-25-26(18-24)40(53)47(39(25)52)31-8-9-35(48)44-37(31)50;2-1-3/h6-7,16-20,22,31,41H,8-15,21H2,1-5H3,(H,42,43,49)(H,44,48,50);1H,(H,2,3). The number of fused-ring (bicyclic) bond motifs is 2. The summed E-state index contributed by atoms with van der Waals surface area (Å²) in [6.07, 6.45) is 3.50. The summed E-state index contributed by atoms with van der Waals surface area (Å²) < 4.78 is 24.1. The summed E-state index contributed by atoms with van der Waals surface area (Å²) in [6.45, 7) is 1.73. The van der Waals surface area contributed by atoms with Crippen LogP contribution in [0.1, 0.15) is 45.5 Å². The van der Waals surface area contributed by atoms with Crippen molar-refractivity contribution in [2.75, 3.05) is 71.9 Å². The lowest BCUT2D eigenvalue weighted by molar-refractivity contribution is -0.136. The molecule has 1 saturated heterocycles. The van der Waals surface area contributed by atoms with Gasteiger partial charge in [0.1, 0.15) is 23.4 Å². The van der Waals surface area contributed by atoms with Crippen LogP contribution in [0.15, 0.2) is 53.6 Å². The van der Waals surface area contributed by atoms with E-state index in [1.165, 1.54) is 10.6 Å². The van der Waals surface area contributed by atoms with E-state index in [2.05, 4.69) is 20.9 Å². The van der Waals surface area contributed by atoms with E-state index in [9.17, 15) is 28.8 Å². The second-order valence-electron chi connectivity index (χ2n) is 13.9. The van der Waals surface area contributed by atoms with E-state index in [1.807, 2.05) is 31.1 Å². The molecule has 0 radical (unpaired) electrons. The summed E-state index contributed by atoms with van der Waals surface area (Å²) in [7, 11) is 8.79. The van der Waals surface area contributed by atoms with Crippen LogP contribution in [0.25, 0.3) is 21.9 Å². The molecule has 1 fully saturated rings. The molecule has 0 spiro atoms. The number of rotatable bonds is 17. The Bertz CT molecular complexity index is 2320. The lowest BCUT2D eigenvalue weighted by atomic mass is 9.99. The first kappa shape index (κ1) is 44.4. The zero-order valence-corrected chi connectivity index (χ0v) is 33.9. The fourth-order valence-electron chi connectivity index (χ4n) is 6.81. The third kappa shape index (κ3) is 10.3. The number of hydrogen-bond acceptors (Lipinski definition) is 14. The quantitative estimate of drug-likeness (QED) is 0.0679. The normalized spacial score (nSPS) is 14.7. The van der Waals surface area contributed by atoms with Crippen LogP contribution in [0.2, 0.25) is 0 Å². The smallest absolute Gasteiger partial charge is 0.290 e. The average Bonchev–Trinajstić information content (AvgIpc) is 3.46. The van der Waals surface area contributed by atoms with Crippen molar-refractivity contribution in [3.8, 4) is 22.6 Å². The molecule has 6 rings (SSSR count). The van der Waals surface area contributed by atoms with Crippen LogP contribution in [0.5, 0.6) is 11.5 Å². The number of benzene rings is 2. The number of ether oxygens (including phenoxy) is 4. The molecule has 318 valence electrons. The molecule has 4 heterocycles. The molecule has 19 heteroatoms. The first-order valence-electron chi connectivity index (χ1n) is 18.8. The Morgan fingerprint density at radius 2 is 1.60 bits per heavy atom. The van der Waals surface area contributed by atoms with E-state index >= 15 is 0 Å². The summed E-state index contributed by atoms with van der Waals surface area (Å²) >= 11 is 0. The number of anilines is 2. The first-order chi connectivity index (χ1) is 28.8. The summed E-state index contributed by atoms with van der Waals surface area (Å²) in [5.74, 6) is -1.03. The predicted octanol–water partition coefficient (Wildman–Crippen LogP) is 2.26. The van der Waals surface area contributed by atoms with Crippen LogP contribution in [-0.2, 0) is 42.2 Å². The Hall–Kier alpha value is -6.70. The Morgan fingerprint density at radius 1 is 0.933 bits per heavy atom. The second kappa shape index (κ2) is 20.3. The van der Waals surface area contributed by atoms with Crippen LogP contribution in [-0.4, -0.2) is 128 Å². The summed E-state index contributed by atoms with van der Waals surface area (Å²) in [6, 6.07) is 9.11. The molecule has 1 unspecified atom stereocenters. The third-order valence-corrected chi connectivity index (χ3v) is 9.59. The monoisotopic (exact) mass is 829 g/mol. The van der Waals surface area contributed by atoms with E-state index in [1.54, 1.807) is 51.9 Å². The van der Waals surface area contributed by atoms with Crippen molar-refractivity contribution in [1.82, 2.24) is 24.7 Å². The van der Waals surface area contributed by atoms with Crippen molar-refractivity contribution in [3.63, 3.8) is 0 Å². The molecule has 2 aromatic carbocycles. The minimum atomic E-state index is -1.02. The van der Waals surface area contributed by atoms with Gasteiger partial charge in [0.25, 0.3) is 23.8 Å². The topological polar surface area (TPSA) is 237 Å². The van der Waals surface area contributed by atoms with Crippen molar-refractivity contribution >= 4 is 58.3 Å². The van der Waals surface area contributed by atoms with Crippen LogP contribution in [0, 0.1) is 0 Å². The van der Waals surface area contributed by atoms with Crippen LogP contribution < -0.4 is 31.0 Å². The number of aryl methyl sites for hydroxylation is 1. The highest BCUT2D eigenvalue weighted by atomic mass is 16.5. The molecular weight excluding hydrogens is 782 g/mol. The van der Waals surface area contributed by atoms with E-state index < -0.39 is 29.7 Å². The number of hydrogen-bond donors (Lipinski definition) is 4. The van der Waals surface area contributed by atoms with Gasteiger partial charge in [-0.1, -0.05) is 0 Å². The highest BCUT2D eigenvalue weighted by Gasteiger charge is 2.44. The molecule has 4 N–H and O–H groups in total. The van der Waals surface area contributed by atoms with Crippen molar-refractivity contribution in [2.24, 2.45) is 7.05 Å². The average molecular weight is 830 g/mol. The molecule has 2 aromatic heterocycles. The molecule has 0 aliphatic carbocycles. The summed E-state index contributed by atoms with van der Waals surface area (Å²) in [5.41, 5.74) is 3.15. The molecule has 1 atom stereocenters. The molecule has 2 aliphatic heterocycles. The second-order valence-corrected chi connectivity index (χ2v) is 13.9.